The number of hydrogen-bond acceptors (Lipinski definition) is 5. The molecule has 0 aliphatic carbocycles. The molecule has 0 atom stereocenters. The van der Waals surface area contributed by atoms with Gasteiger partial charge in [0.1, 0.15) is 11.4 Å². The molecule has 0 N–H and O–H groups in total. The van der Waals surface area contributed by atoms with E-state index in [1.54, 1.807) is 36.7 Å². The molecule has 4 heterocycles. The van der Waals surface area contributed by atoms with Crippen LogP contribution in [0.15, 0.2) is 93.3 Å². The zero-order valence-corrected chi connectivity index (χ0v) is 20.3. The summed E-state index contributed by atoms with van der Waals surface area (Å²) in [6, 6.07) is 22.2. The first-order chi connectivity index (χ1) is 17.5. The third-order valence-corrected chi connectivity index (χ3v) is 6.35. The normalized spacial score (nSPS) is 11.8. The van der Waals surface area contributed by atoms with Gasteiger partial charge in [-0.25, -0.2) is 9.97 Å². The molecule has 2 aromatic carbocycles. The fourth-order valence-electron chi connectivity index (χ4n) is 4.39. The summed E-state index contributed by atoms with van der Waals surface area (Å²) >= 11 is 6.16. The fourth-order valence-corrected chi connectivity index (χ4v) is 4.57. The van der Waals surface area contributed by atoms with Crippen LogP contribution in [0.25, 0.3) is 39.3 Å². The smallest absolute Gasteiger partial charge is 0.282 e. The predicted molar refractivity (Wildman–Crippen MR) is 142 cm³/mol. The number of nitrogens with zero attached hydrogens (tertiary/aromatic N) is 5. The van der Waals surface area contributed by atoms with Crippen molar-refractivity contribution >= 4 is 39.7 Å². The molecular formula is C28H20ClN5O2. The summed E-state index contributed by atoms with van der Waals surface area (Å²) in [5, 5.41) is 6.48. The van der Waals surface area contributed by atoms with Crippen molar-refractivity contribution in [1.82, 2.24) is 19.2 Å². The van der Waals surface area contributed by atoms with E-state index in [9.17, 15) is 4.79 Å². The van der Waals surface area contributed by atoms with Crippen LogP contribution in [0.4, 0.5) is 0 Å². The molecule has 176 valence electrons. The second kappa shape index (κ2) is 8.62. The lowest BCUT2D eigenvalue weighted by molar-refractivity contribution is 0.616. The van der Waals surface area contributed by atoms with Crippen molar-refractivity contribution in [2.75, 3.05) is 0 Å². The van der Waals surface area contributed by atoms with Crippen LogP contribution in [0.3, 0.4) is 0 Å². The first-order valence-corrected chi connectivity index (χ1v) is 11.7. The Morgan fingerprint density at radius 2 is 1.83 bits per heavy atom. The van der Waals surface area contributed by atoms with Gasteiger partial charge >= 0.3 is 0 Å². The quantitative estimate of drug-likeness (QED) is 0.276. The maximum atomic E-state index is 13.5. The minimum Gasteiger partial charge on any atom is -0.453 e. The zero-order valence-electron chi connectivity index (χ0n) is 19.5. The van der Waals surface area contributed by atoms with E-state index in [0.717, 1.165) is 28.2 Å². The van der Waals surface area contributed by atoms with Crippen molar-refractivity contribution in [3.63, 3.8) is 0 Å². The monoisotopic (exact) mass is 493 g/mol. The molecule has 0 fully saturated rings. The van der Waals surface area contributed by atoms with E-state index in [-0.39, 0.29) is 5.56 Å². The Hall–Kier alpha value is -4.49. The van der Waals surface area contributed by atoms with Crippen molar-refractivity contribution < 1.29 is 4.42 Å². The van der Waals surface area contributed by atoms with Gasteiger partial charge in [0.15, 0.2) is 5.76 Å². The Labute approximate surface area is 210 Å². The van der Waals surface area contributed by atoms with Crippen LogP contribution < -0.4 is 5.56 Å². The van der Waals surface area contributed by atoms with Gasteiger partial charge in [-0.3, -0.25) is 4.79 Å². The average molecular weight is 494 g/mol. The minimum absolute atomic E-state index is 0.288. The number of rotatable bonds is 4. The molecule has 0 bridgehead atoms. The van der Waals surface area contributed by atoms with Crippen molar-refractivity contribution in [3.8, 4) is 17.4 Å². The number of aryl methyl sites for hydroxylation is 1. The molecule has 0 aliphatic rings. The number of aromatic nitrogens is 4. The highest BCUT2D eigenvalue weighted by atomic mass is 35.5. The van der Waals surface area contributed by atoms with Gasteiger partial charge in [0.05, 0.1) is 17.1 Å². The molecule has 36 heavy (non-hydrogen) atoms. The lowest BCUT2D eigenvalue weighted by atomic mass is 10.2. The van der Waals surface area contributed by atoms with E-state index < -0.39 is 0 Å². The first-order valence-electron chi connectivity index (χ1n) is 11.4. The molecule has 7 nitrogen and oxygen atoms in total. The third kappa shape index (κ3) is 3.70. The largest absolute Gasteiger partial charge is 0.453 e. The van der Waals surface area contributed by atoms with Gasteiger partial charge in [-0.2, -0.15) is 9.78 Å². The maximum Gasteiger partial charge on any atom is 0.282 e. The van der Waals surface area contributed by atoms with Crippen LogP contribution >= 0.6 is 11.6 Å². The highest BCUT2D eigenvalue weighted by Gasteiger charge is 2.17. The Morgan fingerprint density at radius 3 is 2.67 bits per heavy atom. The van der Waals surface area contributed by atoms with E-state index in [0.29, 0.717) is 33.1 Å². The van der Waals surface area contributed by atoms with Gasteiger partial charge in [-0.1, -0.05) is 29.8 Å². The van der Waals surface area contributed by atoms with Crippen LogP contribution in [0.2, 0.25) is 5.02 Å². The Balaban J connectivity index is 1.53. The number of benzene rings is 2. The molecule has 0 unspecified atom stereocenters. The van der Waals surface area contributed by atoms with Crippen molar-refractivity contribution in [2.45, 2.75) is 13.8 Å². The molecule has 6 aromatic rings. The van der Waals surface area contributed by atoms with E-state index >= 15 is 0 Å². The highest BCUT2D eigenvalue weighted by Crippen LogP contribution is 2.29. The van der Waals surface area contributed by atoms with Crippen molar-refractivity contribution in [1.29, 1.82) is 0 Å². The number of para-hydroxylation sites is 1. The molecule has 0 spiro atoms. The Bertz CT molecular complexity index is 1850. The standard InChI is InChI=1S/C28H20ClN5O2/c1-17-13-20(18(2)33(17)26-9-5-6-12-30-26)16-31-34-27(32-23-8-4-3-7-22(23)28(34)35)25-15-19-14-21(29)10-11-24(19)36-25/h3-16H,1-2H3. The number of hydrogen-bond donors (Lipinski definition) is 0. The molecule has 8 heteroatoms. The molecular weight excluding hydrogens is 474 g/mol. The first kappa shape index (κ1) is 22.0. The molecule has 0 saturated heterocycles. The fraction of sp³-hybridized carbons (Fsp3) is 0.0714. The summed E-state index contributed by atoms with van der Waals surface area (Å²) in [6.07, 6.45) is 3.43. The van der Waals surface area contributed by atoms with Crippen LogP contribution in [-0.2, 0) is 0 Å². The maximum absolute atomic E-state index is 13.5. The lowest BCUT2D eigenvalue weighted by Gasteiger charge is -2.08. The molecule has 6 rings (SSSR count). The van der Waals surface area contributed by atoms with Crippen LogP contribution in [0.5, 0.6) is 0 Å². The van der Waals surface area contributed by atoms with Gasteiger partial charge in [-0.05, 0) is 68.4 Å². The Morgan fingerprint density at radius 1 is 1.00 bits per heavy atom. The van der Waals surface area contributed by atoms with Gasteiger partial charge in [0.2, 0.25) is 5.82 Å². The van der Waals surface area contributed by atoms with Crippen LogP contribution in [0.1, 0.15) is 17.0 Å². The average Bonchev–Trinajstić information content (AvgIpc) is 3.43. The van der Waals surface area contributed by atoms with E-state index in [2.05, 4.69) is 10.1 Å². The topological polar surface area (TPSA) is 78.2 Å². The summed E-state index contributed by atoms with van der Waals surface area (Å²) in [5.74, 6) is 1.55. The summed E-state index contributed by atoms with van der Waals surface area (Å²) in [7, 11) is 0. The van der Waals surface area contributed by atoms with Gasteiger partial charge in [0, 0.05) is 33.6 Å². The second-order valence-corrected chi connectivity index (χ2v) is 8.89. The summed E-state index contributed by atoms with van der Waals surface area (Å²) in [4.78, 5) is 22.7. The van der Waals surface area contributed by atoms with Crippen molar-refractivity contribution in [3.05, 3.63) is 111 Å². The number of fused-ring (bicyclic) bond motifs is 2. The Kier molecular flexibility index (Phi) is 5.27. The molecule has 0 aliphatic heterocycles. The van der Waals surface area contributed by atoms with E-state index in [1.165, 1.54) is 4.68 Å². The van der Waals surface area contributed by atoms with Crippen LogP contribution in [0, 0.1) is 13.8 Å². The zero-order chi connectivity index (χ0) is 24.8. The molecule has 0 amide bonds. The predicted octanol–water partition coefficient (Wildman–Crippen LogP) is 6.15. The molecule has 0 saturated carbocycles. The number of halogens is 1. The second-order valence-electron chi connectivity index (χ2n) is 8.46. The summed E-state index contributed by atoms with van der Waals surface area (Å²) in [6.45, 7) is 4.00. The third-order valence-electron chi connectivity index (χ3n) is 6.11. The SMILES string of the molecule is Cc1cc(C=Nn2c(-c3cc4cc(Cl)ccc4o3)nc3ccccc3c2=O)c(C)n1-c1ccccn1. The molecule has 4 aromatic heterocycles. The van der Waals surface area contributed by atoms with Crippen LogP contribution in [-0.4, -0.2) is 25.4 Å². The van der Waals surface area contributed by atoms with Gasteiger partial charge in [-0.15, -0.1) is 0 Å². The van der Waals surface area contributed by atoms with E-state index in [1.807, 2.05) is 66.9 Å². The minimum atomic E-state index is -0.288. The van der Waals surface area contributed by atoms with E-state index in [4.69, 9.17) is 21.0 Å². The number of furan rings is 1. The molecule has 0 radical (unpaired) electrons. The lowest BCUT2D eigenvalue weighted by Crippen LogP contribution is -2.20. The number of pyridine rings is 1. The highest BCUT2D eigenvalue weighted by molar-refractivity contribution is 6.31. The van der Waals surface area contributed by atoms with Crippen molar-refractivity contribution in [2.24, 2.45) is 5.10 Å². The summed E-state index contributed by atoms with van der Waals surface area (Å²) < 4.78 is 9.38. The van der Waals surface area contributed by atoms with Gasteiger partial charge < -0.3 is 8.98 Å². The van der Waals surface area contributed by atoms with Gasteiger partial charge in [0.25, 0.3) is 5.56 Å². The summed E-state index contributed by atoms with van der Waals surface area (Å²) in [5.41, 5.74) is 3.74.